The fourth-order valence-corrected chi connectivity index (χ4v) is 4.40. The lowest BCUT2D eigenvalue weighted by Crippen LogP contribution is -2.40. The Balaban J connectivity index is 1.80. The summed E-state index contributed by atoms with van der Waals surface area (Å²) in [5, 5.41) is 15.7. The summed E-state index contributed by atoms with van der Waals surface area (Å²) in [7, 11) is 0. The molecule has 0 radical (unpaired) electrons. The summed E-state index contributed by atoms with van der Waals surface area (Å²) in [6.45, 7) is 4.34. The zero-order valence-electron chi connectivity index (χ0n) is 17.5. The van der Waals surface area contributed by atoms with Crippen LogP contribution in [0.4, 0.5) is 11.6 Å². The topological polar surface area (TPSA) is 94.6 Å². The third-order valence-corrected chi connectivity index (χ3v) is 5.90. The molecule has 1 saturated carbocycles. The number of hydrogen-bond donors (Lipinski definition) is 3. The zero-order chi connectivity index (χ0) is 20.6. The first-order valence-corrected chi connectivity index (χ1v) is 11.1. The number of aromatic nitrogens is 1. The van der Waals surface area contributed by atoms with E-state index in [1.165, 1.54) is 19.3 Å². The number of carbonyl (C=O) groups is 2. The largest absolute Gasteiger partial charge is 0.481 e. The van der Waals surface area contributed by atoms with Crippen LogP contribution >= 0.6 is 0 Å². The summed E-state index contributed by atoms with van der Waals surface area (Å²) in [5.41, 5.74) is 0.591. The zero-order valence-corrected chi connectivity index (χ0v) is 17.5. The van der Waals surface area contributed by atoms with Crippen molar-refractivity contribution in [2.75, 3.05) is 29.9 Å². The minimum atomic E-state index is -0.765. The molecule has 2 heterocycles. The molecule has 1 atom stereocenters. The monoisotopic (exact) mass is 402 g/mol. The van der Waals surface area contributed by atoms with Gasteiger partial charge in [0.1, 0.15) is 11.6 Å². The number of carboxylic acid groups (broad SMARTS) is 1. The van der Waals surface area contributed by atoms with Gasteiger partial charge in [0.15, 0.2) is 0 Å². The van der Waals surface area contributed by atoms with Crippen molar-refractivity contribution in [1.82, 2.24) is 10.3 Å². The standard InChI is InChI=1S/C22H34N4O3/c1-2-12-23-19-11-10-18(22(29)24-17-8-4-3-5-9-17)21(25-19)26-13-6-7-16(15-26)14-20(27)28/h10-11,16-17H,2-9,12-15H2,1H3,(H,23,25)(H,24,29)(H,27,28)/t16-/m0/s1. The lowest BCUT2D eigenvalue weighted by atomic mass is 9.94. The highest BCUT2D eigenvalue weighted by Gasteiger charge is 2.27. The number of aliphatic carboxylic acids is 1. The summed E-state index contributed by atoms with van der Waals surface area (Å²) in [6, 6.07) is 3.97. The van der Waals surface area contributed by atoms with Crippen LogP contribution in [0.1, 0.15) is 75.1 Å². The minimum Gasteiger partial charge on any atom is -0.481 e. The highest BCUT2D eigenvalue weighted by Crippen LogP contribution is 2.28. The molecule has 1 saturated heterocycles. The first-order chi connectivity index (χ1) is 14.1. The molecule has 160 valence electrons. The SMILES string of the molecule is CCCNc1ccc(C(=O)NC2CCCCC2)c(N2CCC[C@@H](CC(=O)O)C2)n1. The molecule has 0 bridgehead atoms. The number of nitrogens with zero attached hydrogens (tertiary/aromatic N) is 2. The second kappa shape index (κ2) is 10.5. The fourth-order valence-electron chi connectivity index (χ4n) is 4.40. The van der Waals surface area contributed by atoms with Gasteiger partial charge in [0.25, 0.3) is 5.91 Å². The van der Waals surface area contributed by atoms with Gasteiger partial charge in [-0.05, 0) is 50.2 Å². The molecule has 1 aromatic heterocycles. The maximum Gasteiger partial charge on any atom is 0.303 e. The Morgan fingerprint density at radius 1 is 1.17 bits per heavy atom. The summed E-state index contributed by atoms with van der Waals surface area (Å²) in [5.74, 6) is 0.690. The highest BCUT2D eigenvalue weighted by molar-refractivity contribution is 5.99. The van der Waals surface area contributed by atoms with Gasteiger partial charge in [-0.2, -0.15) is 0 Å². The van der Waals surface area contributed by atoms with Crippen molar-refractivity contribution < 1.29 is 14.7 Å². The summed E-state index contributed by atoms with van der Waals surface area (Å²) < 4.78 is 0. The number of anilines is 2. The van der Waals surface area contributed by atoms with E-state index in [0.717, 1.165) is 51.0 Å². The van der Waals surface area contributed by atoms with Crippen LogP contribution in [-0.4, -0.2) is 47.6 Å². The van der Waals surface area contributed by atoms with E-state index in [1.807, 2.05) is 12.1 Å². The van der Waals surface area contributed by atoms with E-state index < -0.39 is 5.97 Å². The van der Waals surface area contributed by atoms with Gasteiger partial charge in [-0.3, -0.25) is 9.59 Å². The molecule has 1 aromatic rings. The molecule has 7 heteroatoms. The lowest BCUT2D eigenvalue weighted by Gasteiger charge is -2.34. The van der Waals surface area contributed by atoms with Gasteiger partial charge < -0.3 is 20.6 Å². The summed E-state index contributed by atoms with van der Waals surface area (Å²) in [4.78, 5) is 31.1. The van der Waals surface area contributed by atoms with Crippen LogP contribution in [0.3, 0.4) is 0 Å². The molecule has 7 nitrogen and oxygen atoms in total. The smallest absolute Gasteiger partial charge is 0.303 e. The van der Waals surface area contributed by atoms with Crippen molar-refractivity contribution in [2.45, 2.75) is 70.8 Å². The fraction of sp³-hybridized carbons (Fsp3) is 0.682. The third-order valence-electron chi connectivity index (χ3n) is 5.90. The maximum absolute atomic E-state index is 13.1. The van der Waals surface area contributed by atoms with Crippen LogP contribution in [-0.2, 0) is 4.79 Å². The van der Waals surface area contributed by atoms with E-state index in [4.69, 9.17) is 4.98 Å². The van der Waals surface area contributed by atoms with E-state index in [2.05, 4.69) is 22.5 Å². The van der Waals surface area contributed by atoms with Gasteiger partial charge in [0.2, 0.25) is 0 Å². The molecule has 2 fully saturated rings. The normalized spacial score (nSPS) is 20.3. The Kier molecular flexibility index (Phi) is 7.72. The predicted molar refractivity (Wildman–Crippen MR) is 115 cm³/mol. The predicted octanol–water partition coefficient (Wildman–Crippen LogP) is 3.66. The van der Waals surface area contributed by atoms with Crippen LogP contribution in [0.25, 0.3) is 0 Å². The molecular formula is C22H34N4O3. The van der Waals surface area contributed by atoms with Gasteiger partial charge >= 0.3 is 5.97 Å². The first-order valence-electron chi connectivity index (χ1n) is 11.1. The van der Waals surface area contributed by atoms with Gasteiger partial charge in [-0.25, -0.2) is 4.98 Å². The van der Waals surface area contributed by atoms with Crippen LogP contribution in [0.2, 0.25) is 0 Å². The van der Waals surface area contributed by atoms with Gasteiger partial charge in [-0.15, -0.1) is 0 Å². The van der Waals surface area contributed by atoms with Crippen molar-refractivity contribution in [1.29, 1.82) is 0 Å². The molecular weight excluding hydrogens is 368 g/mol. The molecule has 0 aromatic carbocycles. The molecule has 2 aliphatic rings. The van der Waals surface area contributed by atoms with Crippen LogP contribution in [0.15, 0.2) is 12.1 Å². The number of piperidine rings is 1. The minimum absolute atomic E-state index is 0.0678. The molecule has 0 spiro atoms. The number of amides is 1. The van der Waals surface area contributed by atoms with E-state index in [1.54, 1.807) is 0 Å². The lowest BCUT2D eigenvalue weighted by molar-refractivity contribution is -0.138. The second-order valence-corrected chi connectivity index (χ2v) is 8.35. The van der Waals surface area contributed by atoms with Gasteiger partial charge in [0.05, 0.1) is 5.56 Å². The Morgan fingerprint density at radius 3 is 2.69 bits per heavy atom. The Hall–Kier alpha value is -2.31. The van der Waals surface area contributed by atoms with Crippen molar-refractivity contribution >= 4 is 23.5 Å². The average Bonchev–Trinajstić information content (AvgIpc) is 2.72. The number of rotatable bonds is 8. The maximum atomic E-state index is 13.1. The average molecular weight is 403 g/mol. The molecule has 3 N–H and O–H groups in total. The molecule has 29 heavy (non-hydrogen) atoms. The second-order valence-electron chi connectivity index (χ2n) is 8.35. The first kappa shape index (κ1) is 21.4. The molecule has 0 unspecified atom stereocenters. The number of nitrogens with one attached hydrogen (secondary N) is 2. The van der Waals surface area contributed by atoms with Crippen LogP contribution in [0.5, 0.6) is 0 Å². The number of carbonyl (C=O) groups excluding carboxylic acids is 1. The van der Waals surface area contributed by atoms with Crippen LogP contribution < -0.4 is 15.5 Å². The van der Waals surface area contributed by atoms with Crippen molar-refractivity contribution in [3.8, 4) is 0 Å². The number of carboxylic acids is 1. The molecule has 1 amide bonds. The van der Waals surface area contributed by atoms with E-state index in [-0.39, 0.29) is 24.3 Å². The number of pyridine rings is 1. The Labute approximate surface area is 173 Å². The van der Waals surface area contributed by atoms with Gasteiger partial charge in [-0.1, -0.05) is 26.2 Å². The van der Waals surface area contributed by atoms with E-state index >= 15 is 0 Å². The molecule has 1 aliphatic carbocycles. The quantitative estimate of drug-likeness (QED) is 0.614. The van der Waals surface area contributed by atoms with Crippen molar-refractivity contribution in [3.05, 3.63) is 17.7 Å². The Bertz CT molecular complexity index is 703. The third kappa shape index (κ3) is 6.08. The van der Waals surface area contributed by atoms with Crippen LogP contribution in [0, 0.1) is 5.92 Å². The summed E-state index contributed by atoms with van der Waals surface area (Å²) in [6.07, 6.45) is 8.62. The Morgan fingerprint density at radius 2 is 1.97 bits per heavy atom. The van der Waals surface area contributed by atoms with Gasteiger partial charge in [0, 0.05) is 32.1 Å². The number of hydrogen-bond acceptors (Lipinski definition) is 5. The van der Waals surface area contributed by atoms with Crippen molar-refractivity contribution in [3.63, 3.8) is 0 Å². The molecule has 1 aliphatic heterocycles. The summed E-state index contributed by atoms with van der Waals surface area (Å²) >= 11 is 0. The van der Waals surface area contributed by atoms with Crippen molar-refractivity contribution in [2.24, 2.45) is 5.92 Å². The molecule has 3 rings (SSSR count). The van der Waals surface area contributed by atoms with E-state index in [0.29, 0.717) is 17.9 Å². The van der Waals surface area contributed by atoms with E-state index in [9.17, 15) is 14.7 Å². The highest BCUT2D eigenvalue weighted by atomic mass is 16.4.